The summed E-state index contributed by atoms with van der Waals surface area (Å²) in [5.41, 5.74) is -0.719. The lowest BCUT2D eigenvalue weighted by atomic mass is 9.91. The van der Waals surface area contributed by atoms with Crippen LogP contribution in [-0.2, 0) is 4.79 Å². The Morgan fingerprint density at radius 1 is 1.53 bits per heavy atom. The van der Waals surface area contributed by atoms with E-state index in [0.29, 0.717) is 11.8 Å². The van der Waals surface area contributed by atoms with E-state index < -0.39 is 11.5 Å². The van der Waals surface area contributed by atoms with Crippen LogP contribution in [0.5, 0.6) is 0 Å². The zero-order valence-corrected chi connectivity index (χ0v) is 10.2. The lowest BCUT2D eigenvalue weighted by Crippen LogP contribution is -2.56. The molecule has 0 heterocycles. The SMILES string of the molecule is CCC(C)C(C)NC(C)(C(=O)O)C1CC1. The minimum Gasteiger partial charge on any atom is -0.480 e. The van der Waals surface area contributed by atoms with Crippen LogP contribution in [0.3, 0.4) is 0 Å². The standard InChI is InChI=1S/C12H23NO2/c1-5-8(2)9(3)13-12(4,11(14)15)10-6-7-10/h8-10,13H,5-7H2,1-4H3,(H,14,15). The van der Waals surface area contributed by atoms with Gasteiger partial charge in [0.15, 0.2) is 0 Å². The fourth-order valence-corrected chi connectivity index (χ4v) is 1.98. The van der Waals surface area contributed by atoms with E-state index in [9.17, 15) is 9.90 Å². The minimum atomic E-state index is -0.719. The maximum atomic E-state index is 11.3. The zero-order valence-electron chi connectivity index (χ0n) is 10.2. The molecule has 88 valence electrons. The Bertz CT molecular complexity index is 238. The Balaban J connectivity index is 2.62. The van der Waals surface area contributed by atoms with Gasteiger partial charge in [-0.25, -0.2) is 0 Å². The van der Waals surface area contributed by atoms with Gasteiger partial charge in [-0.15, -0.1) is 0 Å². The maximum absolute atomic E-state index is 11.3. The van der Waals surface area contributed by atoms with Crippen LogP contribution in [0.15, 0.2) is 0 Å². The van der Waals surface area contributed by atoms with Crippen LogP contribution in [0.4, 0.5) is 0 Å². The second-order valence-electron chi connectivity index (χ2n) is 5.10. The minimum absolute atomic E-state index is 0.261. The fourth-order valence-electron chi connectivity index (χ4n) is 1.98. The quantitative estimate of drug-likeness (QED) is 0.711. The van der Waals surface area contributed by atoms with E-state index in [1.54, 1.807) is 0 Å². The summed E-state index contributed by atoms with van der Waals surface area (Å²) >= 11 is 0. The van der Waals surface area contributed by atoms with Crippen molar-refractivity contribution in [3.8, 4) is 0 Å². The highest BCUT2D eigenvalue weighted by Crippen LogP contribution is 2.40. The van der Waals surface area contributed by atoms with Gasteiger partial charge in [0.25, 0.3) is 0 Å². The summed E-state index contributed by atoms with van der Waals surface area (Å²) in [6, 6.07) is 0.261. The zero-order chi connectivity index (χ0) is 11.6. The fraction of sp³-hybridized carbons (Fsp3) is 0.917. The van der Waals surface area contributed by atoms with Crippen molar-refractivity contribution in [2.75, 3.05) is 0 Å². The average Bonchev–Trinajstić information content (AvgIpc) is 2.99. The van der Waals surface area contributed by atoms with Gasteiger partial charge in [0.1, 0.15) is 5.54 Å². The van der Waals surface area contributed by atoms with E-state index in [4.69, 9.17) is 0 Å². The van der Waals surface area contributed by atoms with Gasteiger partial charge in [-0.05, 0) is 38.5 Å². The molecule has 1 fully saturated rings. The summed E-state index contributed by atoms with van der Waals surface area (Å²) in [7, 11) is 0. The summed E-state index contributed by atoms with van der Waals surface area (Å²) in [5.74, 6) is 0.129. The summed E-state index contributed by atoms with van der Waals surface area (Å²) in [4.78, 5) is 11.3. The average molecular weight is 213 g/mol. The number of hydrogen-bond donors (Lipinski definition) is 2. The molecule has 2 N–H and O–H groups in total. The van der Waals surface area contributed by atoms with Gasteiger partial charge in [0.2, 0.25) is 0 Å². The Hall–Kier alpha value is -0.570. The molecule has 3 nitrogen and oxygen atoms in total. The molecule has 15 heavy (non-hydrogen) atoms. The van der Waals surface area contributed by atoms with Crippen molar-refractivity contribution in [3.63, 3.8) is 0 Å². The molecule has 1 rings (SSSR count). The highest BCUT2D eigenvalue weighted by Gasteiger charge is 2.48. The first-order chi connectivity index (χ1) is 6.91. The molecule has 3 heteroatoms. The van der Waals surface area contributed by atoms with Crippen LogP contribution in [-0.4, -0.2) is 22.7 Å². The van der Waals surface area contributed by atoms with Gasteiger partial charge in [-0.3, -0.25) is 10.1 Å². The van der Waals surface area contributed by atoms with Crippen molar-refractivity contribution in [2.45, 2.75) is 58.5 Å². The summed E-state index contributed by atoms with van der Waals surface area (Å²) in [6.07, 6.45) is 3.17. The molecule has 0 amide bonds. The highest BCUT2D eigenvalue weighted by atomic mass is 16.4. The Morgan fingerprint density at radius 2 is 2.07 bits per heavy atom. The Labute approximate surface area is 92.3 Å². The van der Waals surface area contributed by atoms with Gasteiger partial charge in [0.05, 0.1) is 0 Å². The molecule has 3 atom stereocenters. The lowest BCUT2D eigenvalue weighted by molar-refractivity contribution is -0.145. The van der Waals surface area contributed by atoms with Crippen LogP contribution in [0.25, 0.3) is 0 Å². The van der Waals surface area contributed by atoms with Crippen molar-refractivity contribution in [3.05, 3.63) is 0 Å². The second kappa shape index (κ2) is 4.52. The summed E-state index contributed by atoms with van der Waals surface area (Å²) < 4.78 is 0. The molecule has 0 aliphatic heterocycles. The Kier molecular flexibility index (Phi) is 3.77. The third kappa shape index (κ3) is 2.71. The normalized spacial score (nSPS) is 24.3. The molecule has 0 spiro atoms. The first kappa shape index (κ1) is 12.5. The van der Waals surface area contributed by atoms with E-state index in [0.717, 1.165) is 19.3 Å². The van der Waals surface area contributed by atoms with Gasteiger partial charge in [-0.1, -0.05) is 20.3 Å². The van der Waals surface area contributed by atoms with Crippen LogP contribution in [0.2, 0.25) is 0 Å². The number of rotatable bonds is 6. The molecule has 3 unspecified atom stereocenters. The van der Waals surface area contributed by atoms with Gasteiger partial charge >= 0.3 is 5.97 Å². The van der Waals surface area contributed by atoms with Crippen LogP contribution in [0, 0.1) is 11.8 Å². The predicted octanol–water partition coefficient (Wildman–Crippen LogP) is 2.26. The maximum Gasteiger partial charge on any atom is 0.323 e. The van der Waals surface area contributed by atoms with Crippen molar-refractivity contribution < 1.29 is 9.90 Å². The van der Waals surface area contributed by atoms with E-state index in [-0.39, 0.29) is 6.04 Å². The van der Waals surface area contributed by atoms with E-state index >= 15 is 0 Å². The predicted molar refractivity (Wildman–Crippen MR) is 60.8 cm³/mol. The molecule has 1 aliphatic carbocycles. The van der Waals surface area contributed by atoms with E-state index in [1.165, 1.54) is 0 Å². The first-order valence-corrected chi connectivity index (χ1v) is 5.92. The number of nitrogens with one attached hydrogen (secondary N) is 1. The number of hydrogen-bond acceptors (Lipinski definition) is 2. The van der Waals surface area contributed by atoms with Crippen molar-refractivity contribution in [2.24, 2.45) is 11.8 Å². The third-order valence-corrected chi connectivity index (χ3v) is 3.86. The molecule has 0 bridgehead atoms. The van der Waals surface area contributed by atoms with Crippen LogP contribution in [0.1, 0.15) is 47.0 Å². The Morgan fingerprint density at radius 3 is 2.40 bits per heavy atom. The molecule has 0 radical (unpaired) electrons. The van der Waals surface area contributed by atoms with E-state index in [1.807, 2.05) is 6.92 Å². The smallest absolute Gasteiger partial charge is 0.323 e. The number of aliphatic carboxylic acids is 1. The molecule has 0 aromatic heterocycles. The molecular weight excluding hydrogens is 190 g/mol. The van der Waals surface area contributed by atoms with Gasteiger partial charge in [-0.2, -0.15) is 0 Å². The van der Waals surface area contributed by atoms with Crippen LogP contribution >= 0.6 is 0 Å². The second-order valence-corrected chi connectivity index (χ2v) is 5.10. The van der Waals surface area contributed by atoms with E-state index in [2.05, 4.69) is 26.1 Å². The molecular formula is C12H23NO2. The van der Waals surface area contributed by atoms with Crippen molar-refractivity contribution in [1.29, 1.82) is 0 Å². The number of carboxylic acid groups (broad SMARTS) is 1. The lowest BCUT2D eigenvalue weighted by Gasteiger charge is -2.32. The number of carbonyl (C=O) groups is 1. The first-order valence-electron chi connectivity index (χ1n) is 5.92. The van der Waals surface area contributed by atoms with Gasteiger partial charge < -0.3 is 5.11 Å². The molecule has 0 aromatic carbocycles. The molecule has 1 saturated carbocycles. The number of carboxylic acids is 1. The van der Waals surface area contributed by atoms with Crippen LogP contribution < -0.4 is 5.32 Å². The van der Waals surface area contributed by atoms with Crippen molar-refractivity contribution in [1.82, 2.24) is 5.32 Å². The van der Waals surface area contributed by atoms with Crippen molar-refractivity contribution >= 4 is 5.97 Å². The topological polar surface area (TPSA) is 49.3 Å². The monoisotopic (exact) mass is 213 g/mol. The summed E-state index contributed by atoms with van der Waals surface area (Å²) in [5, 5.41) is 12.6. The highest BCUT2D eigenvalue weighted by molar-refractivity contribution is 5.79. The molecule has 0 aromatic rings. The molecule has 1 aliphatic rings. The summed E-state index contributed by atoms with van der Waals surface area (Å²) in [6.45, 7) is 8.20. The largest absolute Gasteiger partial charge is 0.480 e. The third-order valence-electron chi connectivity index (χ3n) is 3.86. The van der Waals surface area contributed by atoms with Gasteiger partial charge in [0, 0.05) is 6.04 Å². The molecule has 0 saturated heterocycles.